The molecule has 2 aliphatic rings. The van der Waals surface area contributed by atoms with Crippen molar-refractivity contribution in [2.75, 3.05) is 26.7 Å². The van der Waals surface area contributed by atoms with E-state index >= 15 is 0 Å². The molecule has 1 saturated carbocycles. The molecule has 1 aliphatic heterocycles. The molecule has 4 nitrogen and oxygen atoms in total. The largest absolute Gasteiger partial charge is 0.337 e. The van der Waals surface area contributed by atoms with Crippen LogP contribution in [0.5, 0.6) is 0 Å². The molecule has 80 valence electrons. The lowest BCUT2D eigenvalue weighted by Gasteiger charge is -2.39. The molecule has 2 rings (SSSR count). The zero-order valence-corrected chi connectivity index (χ0v) is 8.78. The molecule has 1 atom stereocenters. The highest BCUT2D eigenvalue weighted by Gasteiger charge is 2.38. The smallest absolute Gasteiger partial charge is 0.237 e. The van der Waals surface area contributed by atoms with Crippen LogP contribution < -0.4 is 5.73 Å². The summed E-state index contributed by atoms with van der Waals surface area (Å²) in [6, 6.07) is 1.02. The Morgan fingerprint density at radius 3 is 2.79 bits per heavy atom. The third kappa shape index (κ3) is 1.91. The van der Waals surface area contributed by atoms with E-state index in [-0.39, 0.29) is 0 Å². The van der Waals surface area contributed by atoms with Crippen LogP contribution in [-0.2, 0) is 4.79 Å². The Labute approximate surface area is 85.0 Å². The monoisotopic (exact) mass is 197 g/mol. The first-order chi connectivity index (χ1) is 6.72. The number of nitrogens with zero attached hydrogens (tertiary/aromatic N) is 2. The Bertz CT molecular complexity index is 227. The van der Waals surface area contributed by atoms with Crippen molar-refractivity contribution < 1.29 is 4.79 Å². The van der Waals surface area contributed by atoms with Gasteiger partial charge >= 0.3 is 0 Å². The third-order valence-electron chi connectivity index (χ3n) is 3.22. The maximum atomic E-state index is 11.7. The van der Waals surface area contributed by atoms with Gasteiger partial charge in [0, 0.05) is 18.6 Å². The molecule has 1 aliphatic carbocycles. The van der Waals surface area contributed by atoms with E-state index in [9.17, 15) is 4.79 Å². The molecule has 4 heteroatoms. The van der Waals surface area contributed by atoms with Crippen molar-refractivity contribution in [3.63, 3.8) is 0 Å². The maximum absolute atomic E-state index is 11.7. The summed E-state index contributed by atoms with van der Waals surface area (Å²) in [5.41, 5.74) is 5.56. The normalized spacial score (nSPS) is 29.7. The van der Waals surface area contributed by atoms with E-state index in [0.717, 1.165) is 13.0 Å². The van der Waals surface area contributed by atoms with E-state index in [0.29, 0.717) is 31.1 Å². The molecular weight excluding hydrogens is 178 g/mol. The fraction of sp³-hybridized carbons (Fsp3) is 0.900. The van der Waals surface area contributed by atoms with Crippen LogP contribution in [0.25, 0.3) is 0 Å². The number of likely N-dealkylation sites (N-methyl/N-ethyl adjacent to an activating group) is 1. The second-order valence-electron chi connectivity index (χ2n) is 4.42. The number of carbonyl (C=O) groups excluding carboxylic acids is 1. The second-order valence-corrected chi connectivity index (χ2v) is 4.42. The predicted molar refractivity (Wildman–Crippen MR) is 54.8 cm³/mol. The highest BCUT2D eigenvalue weighted by Crippen LogP contribution is 2.29. The van der Waals surface area contributed by atoms with Gasteiger partial charge in [-0.2, -0.15) is 0 Å². The Kier molecular flexibility index (Phi) is 2.74. The van der Waals surface area contributed by atoms with Crippen LogP contribution in [0.15, 0.2) is 0 Å². The number of amides is 1. The number of hydrogen-bond donors (Lipinski definition) is 1. The minimum absolute atomic E-state index is 0.295. The summed E-state index contributed by atoms with van der Waals surface area (Å²) in [6.07, 6.45) is 3.39. The van der Waals surface area contributed by atoms with E-state index in [2.05, 4.69) is 9.80 Å². The first-order valence-corrected chi connectivity index (χ1v) is 5.42. The predicted octanol–water partition coefficient (Wildman–Crippen LogP) is -0.360. The second kappa shape index (κ2) is 3.87. The Balaban J connectivity index is 1.96. The van der Waals surface area contributed by atoms with Gasteiger partial charge in [0.05, 0.1) is 6.54 Å². The standard InChI is InChI=1S/C10H19N3O/c1-12-7-10(14)13(8-2-3-8)6-9(12)4-5-11/h8-9H,2-7,11H2,1H3. The molecule has 0 aromatic carbocycles. The lowest BCUT2D eigenvalue weighted by atomic mass is 10.1. The van der Waals surface area contributed by atoms with E-state index < -0.39 is 0 Å². The SMILES string of the molecule is CN1CC(=O)N(C2CC2)CC1CCN. The minimum atomic E-state index is 0.295. The summed E-state index contributed by atoms with van der Waals surface area (Å²) in [7, 11) is 2.02. The maximum Gasteiger partial charge on any atom is 0.237 e. The Morgan fingerprint density at radius 2 is 2.21 bits per heavy atom. The molecular formula is C10H19N3O. The molecule has 1 saturated heterocycles. The molecule has 1 unspecified atom stereocenters. The van der Waals surface area contributed by atoms with Gasteiger partial charge in [-0.1, -0.05) is 0 Å². The van der Waals surface area contributed by atoms with Gasteiger partial charge in [0.15, 0.2) is 0 Å². The zero-order chi connectivity index (χ0) is 10.1. The fourth-order valence-corrected chi connectivity index (χ4v) is 2.14. The Hall–Kier alpha value is -0.610. The van der Waals surface area contributed by atoms with Crippen LogP contribution >= 0.6 is 0 Å². The van der Waals surface area contributed by atoms with Gasteiger partial charge in [-0.3, -0.25) is 9.69 Å². The van der Waals surface area contributed by atoms with E-state index in [4.69, 9.17) is 5.73 Å². The summed E-state index contributed by atoms with van der Waals surface area (Å²) in [4.78, 5) is 15.9. The molecule has 1 heterocycles. The van der Waals surface area contributed by atoms with E-state index in [1.165, 1.54) is 12.8 Å². The molecule has 2 fully saturated rings. The van der Waals surface area contributed by atoms with Crippen molar-refractivity contribution in [2.45, 2.75) is 31.3 Å². The molecule has 0 aromatic rings. The molecule has 14 heavy (non-hydrogen) atoms. The minimum Gasteiger partial charge on any atom is -0.337 e. The van der Waals surface area contributed by atoms with Gasteiger partial charge in [0.25, 0.3) is 0 Å². The number of nitrogens with two attached hydrogens (primary N) is 1. The fourth-order valence-electron chi connectivity index (χ4n) is 2.14. The molecule has 0 bridgehead atoms. The van der Waals surface area contributed by atoms with Crippen molar-refractivity contribution in [3.8, 4) is 0 Å². The summed E-state index contributed by atoms with van der Waals surface area (Å²) < 4.78 is 0. The van der Waals surface area contributed by atoms with Crippen molar-refractivity contribution in [1.82, 2.24) is 9.80 Å². The first kappa shape index (κ1) is 9.93. The molecule has 0 spiro atoms. The zero-order valence-electron chi connectivity index (χ0n) is 8.78. The quantitative estimate of drug-likeness (QED) is 0.672. The van der Waals surface area contributed by atoms with Crippen molar-refractivity contribution in [3.05, 3.63) is 0 Å². The highest BCUT2D eigenvalue weighted by molar-refractivity contribution is 5.79. The van der Waals surface area contributed by atoms with Crippen LogP contribution in [0.2, 0.25) is 0 Å². The van der Waals surface area contributed by atoms with Crippen molar-refractivity contribution in [2.24, 2.45) is 5.73 Å². The van der Waals surface area contributed by atoms with Crippen LogP contribution in [0, 0.1) is 0 Å². The van der Waals surface area contributed by atoms with Crippen LogP contribution in [0.4, 0.5) is 0 Å². The van der Waals surface area contributed by atoms with E-state index in [1.54, 1.807) is 0 Å². The number of hydrogen-bond acceptors (Lipinski definition) is 3. The average Bonchev–Trinajstić information content (AvgIpc) is 2.93. The van der Waals surface area contributed by atoms with Gasteiger partial charge in [0.2, 0.25) is 5.91 Å². The molecule has 1 amide bonds. The molecule has 0 aromatic heterocycles. The van der Waals surface area contributed by atoms with Crippen molar-refractivity contribution in [1.29, 1.82) is 0 Å². The lowest BCUT2D eigenvalue weighted by Crippen LogP contribution is -2.55. The van der Waals surface area contributed by atoms with Gasteiger partial charge in [0.1, 0.15) is 0 Å². The Morgan fingerprint density at radius 1 is 1.50 bits per heavy atom. The summed E-state index contributed by atoms with van der Waals surface area (Å²) in [5.74, 6) is 0.295. The van der Waals surface area contributed by atoms with Crippen molar-refractivity contribution >= 4 is 5.91 Å². The number of piperazine rings is 1. The molecule has 2 N–H and O–H groups in total. The van der Waals surface area contributed by atoms with Crippen LogP contribution in [-0.4, -0.2) is 54.5 Å². The van der Waals surface area contributed by atoms with Gasteiger partial charge in [-0.15, -0.1) is 0 Å². The third-order valence-corrected chi connectivity index (χ3v) is 3.22. The average molecular weight is 197 g/mol. The highest BCUT2D eigenvalue weighted by atomic mass is 16.2. The van der Waals surface area contributed by atoms with Gasteiger partial charge in [-0.25, -0.2) is 0 Å². The molecule has 0 radical (unpaired) electrons. The summed E-state index contributed by atoms with van der Waals surface area (Å²) >= 11 is 0. The van der Waals surface area contributed by atoms with E-state index in [1.807, 2.05) is 7.05 Å². The van der Waals surface area contributed by atoms with Crippen LogP contribution in [0.1, 0.15) is 19.3 Å². The van der Waals surface area contributed by atoms with Gasteiger partial charge in [-0.05, 0) is 32.9 Å². The number of carbonyl (C=O) groups is 1. The topological polar surface area (TPSA) is 49.6 Å². The summed E-state index contributed by atoms with van der Waals surface area (Å²) in [6.45, 7) is 2.17. The number of rotatable bonds is 3. The summed E-state index contributed by atoms with van der Waals surface area (Å²) in [5, 5.41) is 0. The lowest BCUT2D eigenvalue weighted by molar-refractivity contribution is -0.138. The first-order valence-electron chi connectivity index (χ1n) is 5.42. The van der Waals surface area contributed by atoms with Gasteiger partial charge < -0.3 is 10.6 Å². The van der Waals surface area contributed by atoms with Crippen LogP contribution in [0.3, 0.4) is 0 Å².